The van der Waals surface area contributed by atoms with Crippen LogP contribution in [0.3, 0.4) is 0 Å². The molecule has 0 aliphatic carbocycles. The van der Waals surface area contributed by atoms with Crippen molar-refractivity contribution in [2.45, 2.75) is 0 Å². The highest BCUT2D eigenvalue weighted by Crippen LogP contribution is 2.34. The molecule has 0 heterocycles. The van der Waals surface area contributed by atoms with E-state index in [1.807, 2.05) is 18.2 Å². The summed E-state index contributed by atoms with van der Waals surface area (Å²) in [5, 5.41) is 0.803. The third-order valence-corrected chi connectivity index (χ3v) is 2.42. The molecule has 0 unspecified atom stereocenters. The lowest BCUT2D eigenvalue weighted by Crippen LogP contribution is -2.00. The Morgan fingerprint density at radius 3 is 2.77 bits per heavy atom. The molecule has 1 rings (SSSR count). The topological polar surface area (TPSA) is 18.5 Å². The minimum absolute atomic E-state index is 0.624. The zero-order valence-corrected chi connectivity index (χ0v) is 10.4. The lowest BCUT2D eigenvalue weighted by Gasteiger charge is -2.10. The van der Waals surface area contributed by atoms with Gasteiger partial charge in [0.1, 0.15) is 0 Å². The molecule has 0 N–H and O–H groups in total. The average molecular weight is 310 g/mol. The number of hydrogen-bond acceptors (Lipinski definition) is 2. The van der Waals surface area contributed by atoms with E-state index in [9.17, 15) is 0 Å². The van der Waals surface area contributed by atoms with Crippen LogP contribution < -0.4 is 9.47 Å². The van der Waals surface area contributed by atoms with Gasteiger partial charge in [-0.05, 0) is 28.1 Å². The SMILES string of the molecule is COc1cccc(Br)c1OCCBr. The monoisotopic (exact) mass is 308 g/mol. The average Bonchev–Trinajstić information content (AvgIpc) is 2.15. The van der Waals surface area contributed by atoms with E-state index >= 15 is 0 Å². The van der Waals surface area contributed by atoms with Crippen LogP contribution in [-0.4, -0.2) is 19.0 Å². The quantitative estimate of drug-likeness (QED) is 0.795. The minimum Gasteiger partial charge on any atom is -0.493 e. The van der Waals surface area contributed by atoms with Crippen LogP contribution in [-0.2, 0) is 0 Å². The lowest BCUT2D eigenvalue weighted by molar-refractivity contribution is 0.312. The molecule has 0 amide bonds. The normalized spacial score (nSPS) is 9.77. The Kier molecular flexibility index (Phi) is 4.59. The van der Waals surface area contributed by atoms with E-state index in [2.05, 4.69) is 31.9 Å². The van der Waals surface area contributed by atoms with Crippen molar-refractivity contribution in [3.8, 4) is 11.5 Å². The maximum atomic E-state index is 5.49. The van der Waals surface area contributed by atoms with Crippen LogP contribution in [0.1, 0.15) is 0 Å². The highest BCUT2D eigenvalue weighted by Gasteiger charge is 2.07. The van der Waals surface area contributed by atoms with Crippen molar-refractivity contribution in [3.63, 3.8) is 0 Å². The van der Waals surface area contributed by atoms with Gasteiger partial charge in [0, 0.05) is 5.33 Å². The van der Waals surface area contributed by atoms with Crippen molar-refractivity contribution in [2.24, 2.45) is 0 Å². The molecule has 0 saturated carbocycles. The summed E-state index contributed by atoms with van der Waals surface area (Å²) in [5.74, 6) is 1.50. The Morgan fingerprint density at radius 1 is 1.38 bits per heavy atom. The Balaban J connectivity index is 2.87. The van der Waals surface area contributed by atoms with Crippen LogP contribution in [0.5, 0.6) is 11.5 Å². The lowest BCUT2D eigenvalue weighted by atomic mass is 10.3. The first-order valence-corrected chi connectivity index (χ1v) is 5.72. The standard InChI is InChI=1S/C9H10Br2O2/c1-12-8-4-2-3-7(11)9(8)13-6-5-10/h2-4H,5-6H2,1H3. The molecule has 4 heteroatoms. The van der Waals surface area contributed by atoms with Gasteiger partial charge in [-0.1, -0.05) is 22.0 Å². The van der Waals surface area contributed by atoms with Crippen LogP contribution in [0.25, 0.3) is 0 Å². The summed E-state index contributed by atoms with van der Waals surface area (Å²) in [5.41, 5.74) is 0. The number of halogens is 2. The van der Waals surface area contributed by atoms with Gasteiger partial charge < -0.3 is 9.47 Å². The van der Waals surface area contributed by atoms with Gasteiger partial charge in [-0.15, -0.1) is 0 Å². The fourth-order valence-electron chi connectivity index (χ4n) is 0.931. The van der Waals surface area contributed by atoms with E-state index in [-0.39, 0.29) is 0 Å². The van der Waals surface area contributed by atoms with Gasteiger partial charge in [-0.2, -0.15) is 0 Å². The van der Waals surface area contributed by atoms with E-state index in [1.165, 1.54) is 0 Å². The molecule has 2 nitrogen and oxygen atoms in total. The number of para-hydroxylation sites is 1. The van der Waals surface area contributed by atoms with Gasteiger partial charge in [0.05, 0.1) is 18.2 Å². The molecule has 72 valence electrons. The van der Waals surface area contributed by atoms with Crippen molar-refractivity contribution in [3.05, 3.63) is 22.7 Å². The summed E-state index contributed by atoms with van der Waals surface area (Å²) in [6, 6.07) is 5.70. The van der Waals surface area contributed by atoms with E-state index in [0.29, 0.717) is 6.61 Å². The van der Waals surface area contributed by atoms with Gasteiger partial charge in [-0.25, -0.2) is 0 Å². The molecule has 0 aliphatic heterocycles. The Bertz CT molecular complexity index is 276. The van der Waals surface area contributed by atoms with E-state index in [1.54, 1.807) is 7.11 Å². The number of methoxy groups -OCH3 is 1. The van der Waals surface area contributed by atoms with Gasteiger partial charge in [0.25, 0.3) is 0 Å². The van der Waals surface area contributed by atoms with Crippen LogP contribution in [0.15, 0.2) is 22.7 Å². The van der Waals surface area contributed by atoms with Crippen molar-refractivity contribution in [1.82, 2.24) is 0 Å². The molecular weight excluding hydrogens is 300 g/mol. The Hall–Kier alpha value is -0.220. The predicted octanol–water partition coefficient (Wildman–Crippen LogP) is 3.23. The fraction of sp³-hybridized carbons (Fsp3) is 0.333. The van der Waals surface area contributed by atoms with Crippen LogP contribution in [0, 0.1) is 0 Å². The summed E-state index contributed by atoms with van der Waals surface area (Å²) < 4.78 is 11.6. The second-order valence-corrected chi connectivity index (χ2v) is 3.96. The van der Waals surface area contributed by atoms with Gasteiger partial charge in [0.15, 0.2) is 11.5 Å². The Morgan fingerprint density at radius 2 is 2.15 bits per heavy atom. The van der Waals surface area contributed by atoms with Crippen molar-refractivity contribution in [2.75, 3.05) is 19.0 Å². The number of alkyl halides is 1. The van der Waals surface area contributed by atoms with Crippen molar-refractivity contribution >= 4 is 31.9 Å². The zero-order chi connectivity index (χ0) is 9.68. The zero-order valence-electron chi connectivity index (χ0n) is 7.22. The predicted molar refractivity (Wildman–Crippen MR) is 60.0 cm³/mol. The summed E-state index contributed by atoms with van der Waals surface area (Å²) in [4.78, 5) is 0. The highest BCUT2D eigenvalue weighted by atomic mass is 79.9. The molecule has 0 saturated heterocycles. The molecule has 0 aromatic heterocycles. The fourth-order valence-corrected chi connectivity index (χ4v) is 1.55. The van der Waals surface area contributed by atoms with E-state index < -0.39 is 0 Å². The maximum Gasteiger partial charge on any atom is 0.175 e. The van der Waals surface area contributed by atoms with Crippen LogP contribution in [0.2, 0.25) is 0 Å². The van der Waals surface area contributed by atoms with Crippen LogP contribution in [0.4, 0.5) is 0 Å². The number of ether oxygens (including phenoxy) is 2. The molecule has 0 aliphatic rings. The molecule has 0 fully saturated rings. The number of hydrogen-bond donors (Lipinski definition) is 0. The van der Waals surface area contributed by atoms with Gasteiger partial charge >= 0.3 is 0 Å². The molecule has 0 atom stereocenters. The largest absolute Gasteiger partial charge is 0.493 e. The van der Waals surface area contributed by atoms with E-state index in [0.717, 1.165) is 21.3 Å². The molecular formula is C9H10Br2O2. The first-order chi connectivity index (χ1) is 6.29. The molecule has 0 spiro atoms. The maximum absolute atomic E-state index is 5.49. The van der Waals surface area contributed by atoms with Gasteiger partial charge in [0.2, 0.25) is 0 Å². The molecule has 1 aromatic rings. The highest BCUT2D eigenvalue weighted by molar-refractivity contribution is 9.10. The summed E-state index contributed by atoms with van der Waals surface area (Å²) in [7, 11) is 1.63. The number of rotatable bonds is 4. The first kappa shape index (κ1) is 10.9. The van der Waals surface area contributed by atoms with Crippen LogP contribution >= 0.6 is 31.9 Å². The number of benzene rings is 1. The summed E-state index contributed by atoms with van der Waals surface area (Å²) >= 11 is 6.69. The minimum atomic E-state index is 0.624. The summed E-state index contributed by atoms with van der Waals surface area (Å²) in [6.45, 7) is 0.624. The van der Waals surface area contributed by atoms with E-state index in [4.69, 9.17) is 9.47 Å². The molecule has 0 bridgehead atoms. The third kappa shape index (κ3) is 2.88. The molecule has 0 radical (unpaired) electrons. The smallest absolute Gasteiger partial charge is 0.175 e. The molecule has 13 heavy (non-hydrogen) atoms. The third-order valence-electron chi connectivity index (χ3n) is 1.47. The Labute approximate surface area is 94.5 Å². The molecule has 1 aromatic carbocycles. The van der Waals surface area contributed by atoms with Crippen molar-refractivity contribution < 1.29 is 9.47 Å². The second-order valence-electron chi connectivity index (χ2n) is 2.31. The van der Waals surface area contributed by atoms with Gasteiger partial charge in [-0.3, -0.25) is 0 Å². The summed E-state index contributed by atoms with van der Waals surface area (Å²) in [6.07, 6.45) is 0. The van der Waals surface area contributed by atoms with Crippen molar-refractivity contribution in [1.29, 1.82) is 0 Å². The first-order valence-electron chi connectivity index (χ1n) is 3.81. The second kappa shape index (κ2) is 5.50.